The number of hydrogen-bond donors (Lipinski definition) is 2. The van der Waals surface area contributed by atoms with Crippen LogP contribution >= 0.6 is 0 Å². The standard InChI is InChI=1S/C27H26N2O6S/c1-33-22-14-16-26(17-15-22)36(31,32)29-21-8-12-24(13-9-21)35-23-10-6-20(7-11-23)28-27(30)19-4-3-5-25(18-19)34-2/h3-6,8-18,20,29H,7H2,1-2H3,(H,28,30). The second-order valence-electron chi connectivity index (χ2n) is 7.92. The number of carbonyl (C=O) groups is 1. The largest absolute Gasteiger partial charge is 0.497 e. The van der Waals surface area contributed by atoms with E-state index in [2.05, 4.69) is 10.0 Å². The van der Waals surface area contributed by atoms with Crippen LogP contribution in [-0.2, 0) is 10.0 Å². The van der Waals surface area contributed by atoms with E-state index < -0.39 is 10.0 Å². The summed E-state index contributed by atoms with van der Waals surface area (Å²) in [6, 6.07) is 19.6. The van der Waals surface area contributed by atoms with E-state index in [9.17, 15) is 13.2 Å². The maximum atomic E-state index is 12.6. The van der Waals surface area contributed by atoms with E-state index in [0.29, 0.717) is 40.7 Å². The molecule has 4 rings (SSSR count). The van der Waals surface area contributed by atoms with E-state index in [-0.39, 0.29) is 16.8 Å². The highest BCUT2D eigenvalue weighted by molar-refractivity contribution is 7.92. The number of nitrogens with one attached hydrogen (secondary N) is 2. The molecular formula is C27H26N2O6S. The lowest BCUT2D eigenvalue weighted by molar-refractivity contribution is 0.0944. The van der Waals surface area contributed by atoms with Crippen molar-refractivity contribution in [1.29, 1.82) is 0 Å². The molecule has 0 aliphatic heterocycles. The number of ether oxygens (including phenoxy) is 3. The van der Waals surface area contributed by atoms with Crippen LogP contribution in [0.5, 0.6) is 17.2 Å². The van der Waals surface area contributed by atoms with Crippen LogP contribution in [0.25, 0.3) is 0 Å². The van der Waals surface area contributed by atoms with Gasteiger partial charge in [0.2, 0.25) is 0 Å². The van der Waals surface area contributed by atoms with Crippen molar-refractivity contribution in [3.05, 3.63) is 102 Å². The lowest BCUT2D eigenvalue weighted by Crippen LogP contribution is -2.34. The van der Waals surface area contributed by atoms with Gasteiger partial charge in [0.15, 0.2) is 0 Å². The molecule has 1 aliphatic carbocycles. The smallest absolute Gasteiger partial charge is 0.261 e. The van der Waals surface area contributed by atoms with E-state index in [0.717, 1.165) is 0 Å². The molecule has 1 unspecified atom stereocenters. The van der Waals surface area contributed by atoms with Crippen molar-refractivity contribution >= 4 is 21.6 Å². The highest BCUT2D eigenvalue weighted by Crippen LogP contribution is 2.23. The van der Waals surface area contributed by atoms with Gasteiger partial charge in [0.1, 0.15) is 23.0 Å². The fourth-order valence-corrected chi connectivity index (χ4v) is 4.55. The summed E-state index contributed by atoms with van der Waals surface area (Å²) in [6.45, 7) is 0. The Morgan fingerprint density at radius 3 is 2.22 bits per heavy atom. The number of methoxy groups -OCH3 is 2. The monoisotopic (exact) mass is 506 g/mol. The molecule has 8 nitrogen and oxygen atoms in total. The van der Waals surface area contributed by atoms with Gasteiger partial charge in [-0.1, -0.05) is 12.1 Å². The average Bonchev–Trinajstić information content (AvgIpc) is 2.91. The molecule has 0 heterocycles. The normalized spacial score (nSPS) is 14.9. The summed E-state index contributed by atoms with van der Waals surface area (Å²) < 4.78 is 43.8. The minimum Gasteiger partial charge on any atom is -0.497 e. The first-order valence-electron chi connectivity index (χ1n) is 11.1. The van der Waals surface area contributed by atoms with Crippen LogP contribution in [0, 0.1) is 0 Å². The zero-order valence-electron chi connectivity index (χ0n) is 19.8. The van der Waals surface area contributed by atoms with Crippen molar-refractivity contribution in [3.63, 3.8) is 0 Å². The van der Waals surface area contributed by atoms with Gasteiger partial charge in [-0.2, -0.15) is 0 Å². The lowest BCUT2D eigenvalue weighted by Gasteiger charge is -2.18. The molecule has 3 aromatic rings. The highest BCUT2D eigenvalue weighted by Gasteiger charge is 2.16. The molecule has 36 heavy (non-hydrogen) atoms. The second kappa shape index (κ2) is 11.0. The van der Waals surface area contributed by atoms with Crippen LogP contribution in [0.15, 0.2) is 102 Å². The molecule has 0 radical (unpaired) electrons. The van der Waals surface area contributed by atoms with Crippen LogP contribution < -0.4 is 24.2 Å². The molecule has 0 fully saturated rings. The Kier molecular flexibility index (Phi) is 7.60. The molecule has 186 valence electrons. The maximum Gasteiger partial charge on any atom is 0.261 e. The summed E-state index contributed by atoms with van der Waals surface area (Å²) in [5, 5.41) is 2.97. The van der Waals surface area contributed by atoms with Crippen molar-refractivity contribution in [3.8, 4) is 17.2 Å². The van der Waals surface area contributed by atoms with Crippen LogP contribution in [0.1, 0.15) is 16.8 Å². The topological polar surface area (TPSA) is 103 Å². The SMILES string of the molecule is COc1ccc(S(=O)(=O)Nc2ccc(OC3=CCC(NC(=O)c4cccc(OC)c4)C=C3)cc2)cc1. The summed E-state index contributed by atoms with van der Waals surface area (Å²) in [5.41, 5.74) is 0.933. The number of amides is 1. The molecule has 3 aromatic carbocycles. The molecule has 9 heteroatoms. The number of allylic oxidation sites excluding steroid dienone is 1. The van der Waals surface area contributed by atoms with Crippen LogP contribution in [0.3, 0.4) is 0 Å². The van der Waals surface area contributed by atoms with Crippen LogP contribution in [-0.4, -0.2) is 34.6 Å². The highest BCUT2D eigenvalue weighted by atomic mass is 32.2. The van der Waals surface area contributed by atoms with Gasteiger partial charge in [0, 0.05) is 11.3 Å². The Hall–Kier alpha value is -4.24. The molecular weight excluding hydrogens is 480 g/mol. The van der Waals surface area contributed by atoms with Crippen molar-refractivity contribution in [2.24, 2.45) is 0 Å². The van der Waals surface area contributed by atoms with Gasteiger partial charge < -0.3 is 19.5 Å². The Bertz CT molecular complexity index is 1380. The summed E-state index contributed by atoms with van der Waals surface area (Å²) in [5.74, 6) is 2.20. The molecule has 1 aliphatic rings. The first kappa shape index (κ1) is 24.9. The van der Waals surface area contributed by atoms with Gasteiger partial charge in [0.05, 0.1) is 25.2 Å². The fourth-order valence-electron chi connectivity index (χ4n) is 3.50. The third-order valence-corrected chi connectivity index (χ3v) is 6.82. The van der Waals surface area contributed by atoms with E-state index >= 15 is 0 Å². The fraction of sp³-hybridized carbons (Fsp3) is 0.148. The number of hydrogen-bond acceptors (Lipinski definition) is 6. The Balaban J connectivity index is 1.31. The summed E-state index contributed by atoms with van der Waals surface area (Å²) in [6.07, 6.45) is 6.11. The summed E-state index contributed by atoms with van der Waals surface area (Å²) >= 11 is 0. The van der Waals surface area contributed by atoms with Gasteiger partial charge in [-0.05, 0) is 85.3 Å². The van der Waals surface area contributed by atoms with E-state index in [1.165, 1.54) is 19.2 Å². The van der Waals surface area contributed by atoms with E-state index in [1.54, 1.807) is 73.8 Å². The van der Waals surface area contributed by atoms with Crippen molar-refractivity contribution in [1.82, 2.24) is 5.32 Å². The molecule has 0 bridgehead atoms. The molecule has 0 aromatic heterocycles. The lowest BCUT2D eigenvalue weighted by atomic mass is 10.1. The quantitative estimate of drug-likeness (QED) is 0.442. The third-order valence-electron chi connectivity index (χ3n) is 5.43. The van der Waals surface area contributed by atoms with Gasteiger partial charge in [0.25, 0.3) is 15.9 Å². The van der Waals surface area contributed by atoms with Crippen molar-refractivity contribution in [2.75, 3.05) is 18.9 Å². The Morgan fingerprint density at radius 2 is 1.58 bits per heavy atom. The predicted octanol–water partition coefficient (Wildman–Crippen LogP) is 4.53. The Morgan fingerprint density at radius 1 is 0.889 bits per heavy atom. The number of benzene rings is 3. The summed E-state index contributed by atoms with van der Waals surface area (Å²) in [4.78, 5) is 12.6. The van der Waals surface area contributed by atoms with Crippen LogP contribution in [0.2, 0.25) is 0 Å². The van der Waals surface area contributed by atoms with Gasteiger partial charge >= 0.3 is 0 Å². The van der Waals surface area contributed by atoms with E-state index in [4.69, 9.17) is 14.2 Å². The van der Waals surface area contributed by atoms with Crippen LogP contribution in [0.4, 0.5) is 5.69 Å². The molecule has 1 amide bonds. The minimum atomic E-state index is -3.73. The first-order chi connectivity index (χ1) is 17.4. The predicted molar refractivity (Wildman–Crippen MR) is 137 cm³/mol. The number of carbonyl (C=O) groups excluding carboxylic acids is 1. The minimum absolute atomic E-state index is 0.133. The molecule has 0 spiro atoms. The Labute approximate surface area is 210 Å². The number of anilines is 1. The molecule has 0 saturated heterocycles. The first-order valence-corrected chi connectivity index (χ1v) is 12.6. The average molecular weight is 507 g/mol. The third kappa shape index (κ3) is 6.25. The maximum absolute atomic E-state index is 12.6. The number of rotatable bonds is 9. The molecule has 0 saturated carbocycles. The van der Waals surface area contributed by atoms with Gasteiger partial charge in [-0.3, -0.25) is 9.52 Å². The van der Waals surface area contributed by atoms with Gasteiger partial charge in [-0.25, -0.2) is 8.42 Å². The van der Waals surface area contributed by atoms with Gasteiger partial charge in [-0.15, -0.1) is 0 Å². The number of sulfonamides is 1. The second-order valence-corrected chi connectivity index (χ2v) is 9.60. The van der Waals surface area contributed by atoms with E-state index in [1.807, 2.05) is 12.2 Å². The zero-order chi connectivity index (χ0) is 25.5. The zero-order valence-corrected chi connectivity index (χ0v) is 20.6. The molecule has 2 N–H and O–H groups in total. The summed E-state index contributed by atoms with van der Waals surface area (Å²) in [7, 11) is -0.653. The van der Waals surface area contributed by atoms with Crippen molar-refractivity contribution < 1.29 is 27.4 Å². The van der Waals surface area contributed by atoms with Crippen molar-refractivity contribution in [2.45, 2.75) is 17.4 Å². The molecule has 1 atom stereocenters.